The van der Waals surface area contributed by atoms with E-state index >= 15 is 0 Å². The van der Waals surface area contributed by atoms with Gasteiger partial charge in [0.25, 0.3) is 0 Å². The topological polar surface area (TPSA) is 97.1 Å². The highest BCUT2D eigenvalue weighted by Gasteiger charge is 2.41. The van der Waals surface area contributed by atoms with Crippen LogP contribution in [-0.2, 0) is 22.6 Å². The van der Waals surface area contributed by atoms with Gasteiger partial charge in [-0.3, -0.25) is 9.59 Å². The van der Waals surface area contributed by atoms with Crippen LogP contribution < -0.4 is 5.32 Å². The van der Waals surface area contributed by atoms with Crippen molar-refractivity contribution in [1.29, 1.82) is 0 Å². The van der Waals surface area contributed by atoms with E-state index in [1.807, 2.05) is 24.3 Å². The Morgan fingerprint density at radius 3 is 2.66 bits per heavy atom. The van der Waals surface area contributed by atoms with Crippen LogP contribution in [0.1, 0.15) is 63.6 Å². The lowest BCUT2D eigenvalue weighted by molar-refractivity contribution is -0.153. The first-order valence-electron chi connectivity index (χ1n) is 10.6. The quantitative estimate of drug-likeness (QED) is 0.795. The fourth-order valence-electron chi connectivity index (χ4n) is 4.64. The highest BCUT2D eigenvalue weighted by Crippen LogP contribution is 2.40. The number of carbonyl (C=O) groups is 2. The first kappa shape index (κ1) is 19.6. The molecule has 0 spiro atoms. The van der Waals surface area contributed by atoms with Crippen LogP contribution in [0.2, 0.25) is 0 Å². The molecular weight excluding hydrogens is 368 g/mol. The summed E-state index contributed by atoms with van der Waals surface area (Å²) in [5.74, 6) is 0.749. The molecule has 0 saturated heterocycles. The van der Waals surface area contributed by atoms with Gasteiger partial charge in [0.2, 0.25) is 5.91 Å². The summed E-state index contributed by atoms with van der Waals surface area (Å²) in [6, 6.07) is 7.58. The van der Waals surface area contributed by atoms with Crippen LogP contribution in [0.25, 0.3) is 11.4 Å². The molecule has 0 bridgehead atoms. The third-order valence-corrected chi connectivity index (χ3v) is 6.28. The van der Waals surface area contributed by atoms with Crippen molar-refractivity contribution >= 4 is 17.6 Å². The van der Waals surface area contributed by atoms with Gasteiger partial charge in [-0.05, 0) is 37.8 Å². The third kappa shape index (κ3) is 4.18. The number of fused-ring (bicyclic) bond motifs is 1. The van der Waals surface area contributed by atoms with Crippen molar-refractivity contribution < 1.29 is 14.7 Å². The Morgan fingerprint density at radius 1 is 1.07 bits per heavy atom. The minimum absolute atomic E-state index is 0.0207. The van der Waals surface area contributed by atoms with Gasteiger partial charge in [-0.25, -0.2) is 0 Å². The molecule has 1 fully saturated rings. The number of rotatable bonds is 5. The lowest BCUT2D eigenvalue weighted by atomic mass is 9.71. The van der Waals surface area contributed by atoms with E-state index in [4.69, 9.17) is 0 Å². The predicted octanol–water partition coefficient (Wildman–Crippen LogP) is 4.04. The molecule has 2 heterocycles. The number of benzene rings is 1. The maximum absolute atomic E-state index is 12.7. The zero-order chi connectivity index (χ0) is 20.3. The molecule has 4 rings (SSSR count). The van der Waals surface area contributed by atoms with E-state index in [9.17, 15) is 14.7 Å². The molecule has 1 aromatic heterocycles. The molecule has 2 aliphatic rings. The average molecular weight is 396 g/mol. The summed E-state index contributed by atoms with van der Waals surface area (Å²) in [5.41, 5.74) is 0.647. The van der Waals surface area contributed by atoms with Crippen LogP contribution >= 0.6 is 0 Å². The van der Waals surface area contributed by atoms with Crippen LogP contribution in [0.15, 0.2) is 24.3 Å². The monoisotopic (exact) mass is 396 g/mol. The van der Waals surface area contributed by atoms with E-state index in [0.717, 1.165) is 62.3 Å². The molecule has 7 heteroatoms. The van der Waals surface area contributed by atoms with Crippen LogP contribution in [0.4, 0.5) is 5.69 Å². The van der Waals surface area contributed by atoms with Crippen molar-refractivity contribution in [2.45, 2.75) is 70.8 Å². The van der Waals surface area contributed by atoms with Gasteiger partial charge in [0.1, 0.15) is 5.82 Å². The lowest BCUT2D eigenvalue weighted by Gasteiger charge is -2.32. The number of aliphatic carboxylic acids is 1. The lowest BCUT2D eigenvalue weighted by Crippen LogP contribution is -2.37. The van der Waals surface area contributed by atoms with Crippen LogP contribution in [0.3, 0.4) is 0 Å². The second-order valence-electron chi connectivity index (χ2n) is 8.35. The number of anilines is 1. The summed E-state index contributed by atoms with van der Waals surface area (Å²) in [6.07, 6.45) is 8.34. The summed E-state index contributed by atoms with van der Waals surface area (Å²) >= 11 is 0. The van der Waals surface area contributed by atoms with Crippen molar-refractivity contribution in [3.63, 3.8) is 0 Å². The van der Waals surface area contributed by atoms with Crippen molar-refractivity contribution in [3.05, 3.63) is 30.1 Å². The Bertz CT molecular complexity index is 899. The fraction of sp³-hybridized carbons (Fsp3) is 0.545. The van der Waals surface area contributed by atoms with Gasteiger partial charge >= 0.3 is 5.97 Å². The number of hydrogen-bond acceptors (Lipinski definition) is 4. The number of nitrogens with zero attached hydrogens (tertiary/aromatic N) is 3. The molecular formula is C22H28N4O3. The molecule has 154 valence electrons. The van der Waals surface area contributed by atoms with Crippen LogP contribution in [0, 0.1) is 5.41 Å². The number of carboxylic acid groups (broad SMARTS) is 1. The summed E-state index contributed by atoms with van der Waals surface area (Å²) in [4.78, 5) is 24.5. The molecule has 2 aromatic rings. The number of amides is 1. The van der Waals surface area contributed by atoms with Gasteiger partial charge in [-0.2, -0.15) is 0 Å². The van der Waals surface area contributed by atoms with Gasteiger partial charge in [0.15, 0.2) is 5.82 Å². The van der Waals surface area contributed by atoms with E-state index in [1.165, 1.54) is 6.42 Å². The molecule has 0 unspecified atom stereocenters. The number of aryl methyl sites for hydroxylation is 1. The standard InChI is InChI=1S/C22H28N4O3/c27-19(15-22(21(28)29)11-4-2-5-12-22)23-17-9-7-8-16(14-17)20-25-24-18-10-3-1-6-13-26(18)20/h7-9,14H,1-6,10-13,15H2,(H,23,27)(H,28,29). The SMILES string of the molecule is O=C(CC1(C(=O)O)CCCCC1)Nc1cccc(-c2nnc3n2CCCCC3)c1. The normalized spacial score (nSPS) is 18.5. The molecule has 1 aromatic carbocycles. The molecule has 7 nitrogen and oxygen atoms in total. The van der Waals surface area contributed by atoms with Gasteiger partial charge in [0.05, 0.1) is 5.41 Å². The Hall–Kier alpha value is -2.70. The number of nitrogens with one attached hydrogen (secondary N) is 1. The Labute approximate surface area is 170 Å². The molecule has 0 radical (unpaired) electrons. The van der Waals surface area contributed by atoms with Crippen molar-refractivity contribution in [1.82, 2.24) is 14.8 Å². The minimum atomic E-state index is -0.926. The van der Waals surface area contributed by atoms with E-state index in [2.05, 4.69) is 20.1 Å². The second kappa shape index (κ2) is 8.35. The number of carbonyl (C=O) groups excluding carboxylic acids is 1. The van der Waals surface area contributed by atoms with Crippen molar-refractivity contribution in [3.8, 4) is 11.4 Å². The number of hydrogen-bond donors (Lipinski definition) is 2. The highest BCUT2D eigenvalue weighted by atomic mass is 16.4. The van der Waals surface area contributed by atoms with Gasteiger partial charge < -0.3 is 15.0 Å². The predicted molar refractivity (Wildman–Crippen MR) is 109 cm³/mol. The minimum Gasteiger partial charge on any atom is -0.481 e. The van der Waals surface area contributed by atoms with E-state index in [1.54, 1.807) is 0 Å². The first-order chi connectivity index (χ1) is 14.1. The maximum Gasteiger partial charge on any atom is 0.310 e. The summed E-state index contributed by atoms with van der Waals surface area (Å²) in [5, 5.41) is 21.3. The Kier molecular flexibility index (Phi) is 5.65. The molecule has 1 aliphatic carbocycles. The summed E-state index contributed by atoms with van der Waals surface area (Å²) in [6.45, 7) is 0.912. The van der Waals surface area contributed by atoms with Gasteiger partial charge in [-0.1, -0.05) is 37.8 Å². The molecule has 1 amide bonds. The number of carboxylic acids is 1. The van der Waals surface area contributed by atoms with E-state index in [-0.39, 0.29) is 12.3 Å². The average Bonchev–Trinajstić information content (AvgIpc) is 2.97. The van der Waals surface area contributed by atoms with Crippen molar-refractivity contribution in [2.24, 2.45) is 5.41 Å². The zero-order valence-corrected chi connectivity index (χ0v) is 16.7. The van der Waals surface area contributed by atoms with Crippen LogP contribution in [-0.4, -0.2) is 31.7 Å². The fourth-order valence-corrected chi connectivity index (χ4v) is 4.64. The molecule has 1 saturated carbocycles. The van der Waals surface area contributed by atoms with Gasteiger partial charge in [0, 0.05) is 30.6 Å². The maximum atomic E-state index is 12.7. The smallest absolute Gasteiger partial charge is 0.310 e. The highest BCUT2D eigenvalue weighted by molar-refractivity contribution is 5.94. The van der Waals surface area contributed by atoms with Crippen LogP contribution in [0.5, 0.6) is 0 Å². The van der Waals surface area contributed by atoms with Crippen molar-refractivity contribution in [2.75, 3.05) is 5.32 Å². The Morgan fingerprint density at radius 2 is 1.86 bits per heavy atom. The number of aromatic nitrogens is 3. The second-order valence-corrected chi connectivity index (χ2v) is 8.35. The largest absolute Gasteiger partial charge is 0.481 e. The summed E-state index contributed by atoms with van der Waals surface area (Å²) in [7, 11) is 0. The molecule has 29 heavy (non-hydrogen) atoms. The Balaban J connectivity index is 1.50. The first-order valence-corrected chi connectivity index (χ1v) is 10.6. The zero-order valence-electron chi connectivity index (χ0n) is 16.7. The molecule has 1 aliphatic heterocycles. The van der Waals surface area contributed by atoms with Gasteiger partial charge in [-0.15, -0.1) is 10.2 Å². The molecule has 0 atom stereocenters. The van der Waals surface area contributed by atoms with E-state index in [0.29, 0.717) is 18.5 Å². The third-order valence-electron chi connectivity index (χ3n) is 6.28. The summed E-state index contributed by atoms with van der Waals surface area (Å²) < 4.78 is 2.18. The van der Waals surface area contributed by atoms with E-state index < -0.39 is 11.4 Å². The molecule has 2 N–H and O–H groups in total.